The first kappa shape index (κ1) is 16.7. The van der Waals surface area contributed by atoms with Crippen molar-refractivity contribution in [3.05, 3.63) is 93.4 Å². The van der Waals surface area contributed by atoms with E-state index in [1.807, 2.05) is 35.2 Å². The molecule has 3 aromatic rings. The maximum atomic E-state index is 13.4. The van der Waals surface area contributed by atoms with E-state index in [1.165, 1.54) is 28.1 Å². The molecule has 27 heavy (non-hydrogen) atoms. The molecule has 0 bridgehead atoms. The molecule has 5 rings (SSSR count). The lowest BCUT2D eigenvalue weighted by Gasteiger charge is -2.36. The van der Waals surface area contributed by atoms with Gasteiger partial charge in [0.25, 0.3) is 0 Å². The van der Waals surface area contributed by atoms with Crippen LogP contribution in [0.25, 0.3) is 0 Å². The summed E-state index contributed by atoms with van der Waals surface area (Å²) < 4.78 is 13.4. The van der Waals surface area contributed by atoms with E-state index in [0.29, 0.717) is 5.92 Å². The Bertz CT molecular complexity index is 966. The first-order valence-electron chi connectivity index (χ1n) is 9.39. The van der Waals surface area contributed by atoms with Crippen LogP contribution in [-0.2, 0) is 11.2 Å². The molecule has 1 amide bonds. The normalized spacial score (nSPS) is 23.7. The maximum absolute atomic E-state index is 13.4. The maximum Gasteiger partial charge on any atom is 0.227 e. The van der Waals surface area contributed by atoms with E-state index in [0.717, 1.165) is 24.9 Å². The first-order valence-corrected chi connectivity index (χ1v) is 10.3. The minimum atomic E-state index is -0.246. The van der Waals surface area contributed by atoms with Gasteiger partial charge in [-0.25, -0.2) is 4.39 Å². The molecular weight excluding hydrogens is 357 g/mol. The number of hydrogen-bond acceptors (Lipinski definition) is 2. The minimum absolute atomic E-state index is 0.0653. The van der Waals surface area contributed by atoms with E-state index in [9.17, 15) is 9.18 Å². The monoisotopic (exact) mass is 377 g/mol. The predicted octanol–water partition coefficient (Wildman–Crippen LogP) is 5.17. The smallest absolute Gasteiger partial charge is 0.227 e. The van der Waals surface area contributed by atoms with Gasteiger partial charge in [0.1, 0.15) is 5.82 Å². The molecule has 0 spiro atoms. The van der Waals surface area contributed by atoms with Crippen molar-refractivity contribution in [2.45, 2.75) is 24.8 Å². The highest BCUT2D eigenvalue weighted by Crippen LogP contribution is 2.50. The zero-order chi connectivity index (χ0) is 18.4. The molecule has 0 unspecified atom stereocenters. The van der Waals surface area contributed by atoms with Gasteiger partial charge in [-0.3, -0.25) is 4.79 Å². The standard InChI is InChI=1S/C23H20FNOS/c24-17-8-6-16(7-9-17)22-18-11-13-27-21(18)10-12-25(22)23(26)20-14-19(20)15-4-2-1-3-5-15/h1-9,11,13,19-20,22H,10,12,14H2/t19-,20-,22-/m0/s1. The van der Waals surface area contributed by atoms with E-state index in [1.54, 1.807) is 11.3 Å². The topological polar surface area (TPSA) is 20.3 Å². The SMILES string of the molecule is O=C([C@H]1C[C@H]1c1ccccc1)N1CCc2sccc2[C@@H]1c1ccc(F)cc1. The van der Waals surface area contributed by atoms with Crippen molar-refractivity contribution in [1.29, 1.82) is 0 Å². The fourth-order valence-electron chi connectivity index (χ4n) is 4.31. The van der Waals surface area contributed by atoms with Crippen LogP contribution < -0.4 is 0 Å². The Kier molecular flexibility index (Phi) is 4.09. The Morgan fingerprint density at radius 1 is 1.00 bits per heavy atom. The summed E-state index contributed by atoms with van der Waals surface area (Å²) in [5.41, 5.74) is 3.44. The van der Waals surface area contributed by atoms with Gasteiger partial charge in [0.2, 0.25) is 5.91 Å². The molecule has 0 saturated heterocycles. The fraction of sp³-hybridized carbons (Fsp3) is 0.261. The number of amides is 1. The molecule has 2 aromatic carbocycles. The predicted molar refractivity (Wildman–Crippen MR) is 105 cm³/mol. The summed E-state index contributed by atoms with van der Waals surface area (Å²) in [6, 6.07) is 18.9. The summed E-state index contributed by atoms with van der Waals surface area (Å²) in [6.07, 6.45) is 1.82. The van der Waals surface area contributed by atoms with Gasteiger partial charge < -0.3 is 4.90 Å². The lowest BCUT2D eigenvalue weighted by molar-refractivity contribution is -0.134. The molecule has 2 heterocycles. The zero-order valence-electron chi connectivity index (χ0n) is 14.8. The van der Waals surface area contributed by atoms with Crippen molar-refractivity contribution in [3.8, 4) is 0 Å². The third kappa shape index (κ3) is 2.98. The largest absolute Gasteiger partial charge is 0.331 e. The van der Waals surface area contributed by atoms with Gasteiger partial charge in [0, 0.05) is 17.3 Å². The second-order valence-electron chi connectivity index (χ2n) is 7.39. The summed E-state index contributed by atoms with van der Waals surface area (Å²) in [5, 5.41) is 2.10. The third-order valence-corrected chi connectivity index (χ3v) is 6.77. The first-order chi connectivity index (χ1) is 13.2. The third-order valence-electron chi connectivity index (χ3n) is 5.77. The molecular formula is C23H20FNOS. The number of rotatable bonds is 3. The number of halogens is 1. The van der Waals surface area contributed by atoms with Gasteiger partial charge in [-0.1, -0.05) is 42.5 Å². The van der Waals surface area contributed by atoms with Gasteiger partial charge in [0.05, 0.1) is 6.04 Å². The molecule has 1 fully saturated rings. The molecule has 1 saturated carbocycles. The van der Waals surface area contributed by atoms with Crippen LogP contribution in [0.4, 0.5) is 4.39 Å². The van der Waals surface area contributed by atoms with E-state index < -0.39 is 0 Å². The van der Waals surface area contributed by atoms with Crippen molar-refractivity contribution in [2.75, 3.05) is 6.54 Å². The van der Waals surface area contributed by atoms with Crippen molar-refractivity contribution in [3.63, 3.8) is 0 Å². The quantitative estimate of drug-likeness (QED) is 0.617. The molecule has 136 valence electrons. The van der Waals surface area contributed by atoms with Gasteiger partial charge in [-0.2, -0.15) is 0 Å². The average Bonchev–Trinajstić information content (AvgIpc) is 3.37. The number of hydrogen-bond donors (Lipinski definition) is 0. The van der Waals surface area contributed by atoms with Crippen molar-refractivity contribution in [1.82, 2.24) is 4.90 Å². The fourth-order valence-corrected chi connectivity index (χ4v) is 5.21. The van der Waals surface area contributed by atoms with Crippen LogP contribution in [0.2, 0.25) is 0 Å². The number of benzene rings is 2. The van der Waals surface area contributed by atoms with Crippen LogP contribution >= 0.6 is 11.3 Å². The molecule has 2 aliphatic rings. The van der Waals surface area contributed by atoms with Gasteiger partial charge in [0.15, 0.2) is 0 Å². The van der Waals surface area contributed by atoms with Crippen LogP contribution in [0.5, 0.6) is 0 Å². The van der Waals surface area contributed by atoms with E-state index in [-0.39, 0.29) is 23.7 Å². The lowest BCUT2D eigenvalue weighted by atomic mass is 9.92. The summed E-state index contributed by atoms with van der Waals surface area (Å²) in [7, 11) is 0. The molecule has 3 atom stereocenters. The van der Waals surface area contributed by atoms with Crippen LogP contribution in [0.1, 0.15) is 39.9 Å². The number of nitrogens with zero attached hydrogens (tertiary/aromatic N) is 1. The Balaban J connectivity index is 1.46. The van der Waals surface area contributed by atoms with Crippen LogP contribution in [0.15, 0.2) is 66.0 Å². The summed E-state index contributed by atoms with van der Waals surface area (Å²) in [5.74, 6) is 0.381. The van der Waals surface area contributed by atoms with Gasteiger partial charge >= 0.3 is 0 Å². The van der Waals surface area contributed by atoms with Crippen LogP contribution in [0.3, 0.4) is 0 Å². The molecule has 1 aliphatic heterocycles. The van der Waals surface area contributed by atoms with Crippen molar-refractivity contribution >= 4 is 17.2 Å². The summed E-state index contributed by atoms with van der Waals surface area (Å²) >= 11 is 1.75. The van der Waals surface area contributed by atoms with E-state index in [4.69, 9.17) is 0 Å². The Labute approximate surface area is 162 Å². The molecule has 0 radical (unpaired) electrons. The van der Waals surface area contributed by atoms with E-state index >= 15 is 0 Å². The summed E-state index contributed by atoms with van der Waals surface area (Å²) in [4.78, 5) is 16.7. The minimum Gasteiger partial charge on any atom is -0.331 e. The van der Waals surface area contributed by atoms with Crippen molar-refractivity contribution < 1.29 is 9.18 Å². The summed E-state index contributed by atoms with van der Waals surface area (Å²) in [6.45, 7) is 0.729. The Morgan fingerprint density at radius 3 is 2.56 bits per heavy atom. The molecule has 0 N–H and O–H groups in total. The van der Waals surface area contributed by atoms with Crippen LogP contribution in [0, 0.1) is 11.7 Å². The Morgan fingerprint density at radius 2 is 1.78 bits per heavy atom. The highest BCUT2D eigenvalue weighted by molar-refractivity contribution is 7.10. The highest BCUT2D eigenvalue weighted by atomic mass is 32.1. The molecule has 1 aliphatic carbocycles. The molecule has 4 heteroatoms. The second-order valence-corrected chi connectivity index (χ2v) is 8.39. The number of carbonyl (C=O) groups is 1. The zero-order valence-corrected chi connectivity index (χ0v) is 15.7. The number of fused-ring (bicyclic) bond motifs is 1. The highest BCUT2D eigenvalue weighted by Gasteiger charge is 2.48. The number of thiophene rings is 1. The van der Waals surface area contributed by atoms with Gasteiger partial charge in [-0.05, 0) is 59.0 Å². The average molecular weight is 377 g/mol. The molecule has 1 aromatic heterocycles. The second kappa shape index (κ2) is 6.61. The van der Waals surface area contributed by atoms with Crippen molar-refractivity contribution in [2.24, 2.45) is 5.92 Å². The molecule has 2 nitrogen and oxygen atoms in total. The number of carbonyl (C=O) groups excluding carboxylic acids is 1. The van der Waals surface area contributed by atoms with E-state index in [2.05, 4.69) is 23.6 Å². The van der Waals surface area contributed by atoms with Crippen LogP contribution in [-0.4, -0.2) is 17.4 Å². The lowest BCUT2D eigenvalue weighted by Crippen LogP contribution is -2.41. The van der Waals surface area contributed by atoms with Gasteiger partial charge in [-0.15, -0.1) is 11.3 Å². The Hall–Kier alpha value is -2.46.